The van der Waals surface area contributed by atoms with Gasteiger partial charge in [-0.1, -0.05) is 0 Å². The molecule has 0 spiro atoms. The van der Waals surface area contributed by atoms with Crippen LogP contribution in [0, 0.1) is 6.92 Å². The van der Waals surface area contributed by atoms with E-state index in [1.165, 1.54) is 48.5 Å². The molecule has 0 aromatic carbocycles. The average Bonchev–Trinajstić information content (AvgIpc) is 2.98. The summed E-state index contributed by atoms with van der Waals surface area (Å²) >= 11 is 1.94. The summed E-state index contributed by atoms with van der Waals surface area (Å²) in [5.74, 6) is 0. The van der Waals surface area contributed by atoms with Crippen LogP contribution in [0.4, 0.5) is 0 Å². The molecule has 1 aromatic rings. The van der Waals surface area contributed by atoms with Crippen LogP contribution in [0.25, 0.3) is 0 Å². The Kier molecular flexibility index (Phi) is 3.73. The monoisotopic (exact) mass is 264 g/mol. The first kappa shape index (κ1) is 12.6. The molecule has 0 bridgehead atoms. The minimum absolute atomic E-state index is 0.605. The lowest BCUT2D eigenvalue weighted by Crippen LogP contribution is -2.44. The molecule has 0 radical (unpaired) electrons. The Morgan fingerprint density at radius 3 is 3.06 bits per heavy atom. The molecule has 2 fully saturated rings. The molecule has 0 aliphatic carbocycles. The topological polar surface area (TPSA) is 15.3 Å². The lowest BCUT2D eigenvalue weighted by atomic mass is 10.0. The van der Waals surface area contributed by atoms with Crippen LogP contribution in [0.2, 0.25) is 0 Å². The number of nitrogens with one attached hydrogen (secondary N) is 1. The summed E-state index contributed by atoms with van der Waals surface area (Å²) in [6.07, 6.45) is 5.34. The Balaban J connectivity index is 1.53. The van der Waals surface area contributed by atoms with Crippen LogP contribution >= 0.6 is 11.3 Å². The van der Waals surface area contributed by atoms with Crippen molar-refractivity contribution in [3.8, 4) is 0 Å². The second-order valence-electron chi connectivity index (χ2n) is 5.92. The van der Waals surface area contributed by atoms with Crippen LogP contribution in [0.15, 0.2) is 12.1 Å². The van der Waals surface area contributed by atoms with Gasteiger partial charge in [0.05, 0.1) is 0 Å². The van der Waals surface area contributed by atoms with Crippen LogP contribution in [0.5, 0.6) is 0 Å². The summed E-state index contributed by atoms with van der Waals surface area (Å²) in [4.78, 5) is 5.63. The Morgan fingerprint density at radius 2 is 2.28 bits per heavy atom. The van der Waals surface area contributed by atoms with E-state index in [0.29, 0.717) is 6.04 Å². The van der Waals surface area contributed by atoms with Gasteiger partial charge in [0, 0.05) is 34.4 Å². The van der Waals surface area contributed by atoms with E-state index in [2.05, 4.69) is 36.2 Å². The third-order valence-electron chi connectivity index (χ3n) is 4.41. The molecule has 2 nitrogen and oxygen atoms in total. The summed E-state index contributed by atoms with van der Waals surface area (Å²) in [5, 5.41) is 3.87. The van der Waals surface area contributed by atoms with E-state index in [-0.39, 0.29) is 0 Å². The second kappa shape index (κ2) is 5.32. The van der Waals surface area contributed by atoms with Crippen LogP contribution in [-0.2, 0) is 6.42 Å². The van der Waals surface area contributed by atoms with Crippen molar-refractivity contribution in [2.45, 2.75) is 57.7 Å². The normalized spacial score (nSPS) is 29.7. The van der Waals surface area contributed by atoms with Crippen molar-refractivity contribution >= 4 is 11.3 Å². The van der Waals surface area contributed by atoms with Gasteiger partial charge >= 0.3 is 0 Å². The molecule has 3 rings (SSSR count). The molecule has 2 aliphatic heterocycles. The fourth-order valence-electron chi connectivity index (χ4n) is 3.60. The van der Waals surface area contributed by atoms with Gasteiger partial charge in [0.2, 0.25) is 0 Å². The van der Waals surface area contributed by atoms with E-state index < -0.39 is 0 Å². The van der Waals surface area contributed by atoms with Crippen LogP contribution in [0.1, 0.15) is 35.9 Å². The predicted octanol–water partition coefficient (Wildman–Crippen LogP) is 2.81. The summed E-state index contributed by atoms with van der Waals surface area (Å²) < 4.78 is 0. The largest absolute Gasteiger partial charge is 0.310 e. The Morgan fingerprint density at radius 1 is 1.39 bits per heavy atom. The molecule has 100 valence electrons. The SMILES string of the molecule is Cc1ccc(CC(C)NC2CCN3CCCC23)s1. The number of hydrogen-bond donors (Lipinski definition) is 1. The molecule has 1 aromatic heterocycles. The van der Waals surface area contributed by atoms with Crippen molar-refractivity contribution < 1.29 is 0 Å². The maximum atomic E-state index is 3.87. The van der Waals surface area contributed by atoms with Gasteiger partial charge in [0.15, 0.2) is 0 Å². The molecule has 0 amide bonds. The number of thiophene rings is 1. The molecule has 1 N–H and O–H groups in total. The summed E-state index contributed by atoms with van der Waals surface area (Å²) in [6.45, 7) is 7.18. The van der Waals surface area contributed by atoms with Crippen molar-refractivity contribution in [2.75, 3.05) is 13.1 Å². The number of aryl methyl sites for hydroxylation is 1. The van der Waals surface area contributed by atoms with Gasteiger partial charge in [-0.3, -0.25) is 4.90 Å². The van der Waals surface area contributed by atoms with Crippen molar-refractivity contribution in [1.82, 2.24) is 10.2 Å². The van der Waals surface area contributed by atoms with Gasteiger partial charge in [-0.25, -0.2) is 0 Å². The predicted molar refractivity (Wildman–Crippen MR) is 78.4 cm³/mol. The second-order valence-corrected chi connectivity index (χ2v) is 7.30. The first-order chi connectivity index (χ1) is 8.72. The van der Waals surface area contributed by atoms with E-state index in [9.17, 15) is 0 Å². The third-order valence-corrected chi connectivity index (χ3v) is 5.43. The Bertz CT molecular complexity index is 401. The number of hydrogen-bond acceptors (Lipinski definition) is 3. The summed E-state index contributed by atoms with van der Waals surface area (Å²) in [5.41, 5.74) is 0. The fourth-order valence-corrected chi connectivity index (χ4v) is 4.62. The van der Waals surface area contributed by atoms with Crippen molar-refractivity contribution in [3.05, 3.63) is 21.9 Å². The molecular formula is C15H24N2S. The van der Waals surface area contributed by atoms with Crippen LogP contribution in [-0.4, -0.2) is 36.1 Å². The van der Waals surface area contributed by atoms with Gasteiger partial charge in [-0.15, -0.1) is 11.3 Å². The quantitative estimate of drug-likeness (QED) is 0.899. The third kappa shape index (κ3) is 2.63. The molecule has 18 heavy (non-hydrogen) atoms. The van der Waals surface area contributed by atoms with Gasteiger partial charge < -0.3 is 5.32 Å². The van der Waals surface area contributed by atoms with Crippen LogP contribution < -0.4 is 5.32 Å². The van der Waals surface area contributed by atoms with Gasteiger partial charge in [0.25, 0.3) is 0 Å². The highest BCUT2D eigenvalue weighted by Crippen LogP contribution is 2.28. The number of fused-ring (bicyclic) bond motifs is 1. The maximum Gasteiger partial charge on any atom is 0.0250 e. The van der Waals surface area contributed by atoms with Gasteiger partial charge in [-0.2, -0.15) is 0 Å². The molecular weight excluding hydrogens is 240 g/mol. The van der Waals surface area contributed by atoms with E-state index >= 15 is 0 Å². The smallest absolute Gasteiger partial charge is 0.0250 e. The van der Waals surface area contributed by atoms with Gasteiger partial charge in [0.1, 0.15) is 0 Å². The fraction of sp³-hybridized carbons (Fsp3) is 0.733. The number of nitrogens with zero attached hydrogens (tertiary/aromatic N) is 1. The standard InChI is InChI=1S/C15H24N2S/c1-11(10-13-6-5-12(2)18-13)16-14-7-9-17-8-3-4-15(14)17/h5-6,11,14-16H,3-4,7-10H2,1-2H3. The zero-order valence-electron chi connectivity index (χ0n) is 11.5. The lowest BCUT2D eigenvalue weighted by Gasteiger charge is -2.24. The zero-order valence-corrected chi connectivity index (χ0v) is 12.3. The average molecular weight is 264 g/mol. The summed E-state index contributed by atoms with van der Waals surface area (Å²) in [6, 6.07) is 6.70. The zero-order chi connectivity index (χ0) is 12.5. The Hall–Kier alpha value is -0.380. The maximum absolute atomic E-state index is 3.87. The first-order valence-electron chi connectivity index (χ1n) is 7.28. The van der Waals surface area contributed by atoms with Crippen LogP contribution in [0.3, 0.4) is 0 Å². The Labute approximate surface area is 114 Å². The molecule has 3 atom stereocenters. The van der Waals surface area contributed by atoms with E-state index in [1.807, 2.05) is 11.3 Å². The van der Waals surface area contributed by atoms with Gasteiger partial charge in [-0.05, 0) is 58.2 Å². The minimum Gasteiger partial charge on any atom is -0.310 e. The summed E-state index contributed by atoms with van der Waals surface area (Å²) in [7, 11) is 0. The number of rotatable bonds is 4. The minimum atomic E-state index is 0.605. The van der Waals surface area contributed by atoms with E-state index in [1.54, 1.807) is 0 Å². The van der Waals surface area contributed by atoms with E-state index in [4.69, 9.17) is 0 Å². The highest BCUT2D eigenvalue weighted by Gasteiger charge is 2.37. The highest BCUT2D eigenvalue weighted by atomic mass is 32.1. The highest BCUT2D eigenvalue weighted by molar-refractivity contribution is 7.11. The molecule has 3 heterocycles. The molecule has 3 unspecified atom stereocenters. The first-order valence-corrected chi connectivity index (χ1v) is 8.09. The molecule has 3 heteroatoms. The molecule has 0 saturated carbocycles. The van der Waals surface area contributed by atoms with Crippen molar-refractivity contribution in [2.24, 2.45) is 0 Å². The van der Waals surface area contributed by atoms with Crippen molar-refractivity contribution in [3.63, 3.8) is 0 Å². The lowest BCUT2D eigenvalue weighted by molar-refractivity contribution is 0.290. The van der Waals surface area contributed by atoms with E-state index in [0.717, 1.165) is 12.1 Å². The van der Waals surface area contributed by atoms with Crippen molar-refractivity contribution in [1.29, 1.82) is 0 Å². The molecule has 2 aliphatic rings. The molecule has 2 saturated heterocycles.